The Morgan fingerprint density at radius 2 is 2.07 bits per heavy atom. The summed E-state index contributed by atoms with van der Waals surface area (Å²) < 4.78 is 17.0. The van der Waals surface area contributed by atoms with Crippen molar-refractivity contribution < 1.29 is 19.0 Å². The molecule has 0 radical (unpaired) electrons. The Kier molecular flexibility index (Phi) is 4.29. The number of para-hydroxylation sites is 1. The van der Waals surface area contributed by atoms with Crippen LogP contribution in [0.5, 0.6) is 11.9 Å². The van der Waals surface area contributed by atoms with Crippen LogP contribution in [0, 0.1) is 0 Å². The molecule has 2 aromatic rings. The second kappa shape index (κ2) is 6.94. The highest BCUT2D eigenvalue weighted by Gasteiger charge is 2.41. The molecule has 2 unspecified atom stereocenters. The van der Waals surface area contributed by atoms with Crippen LogP contribution in [0.15, 0.2) is 24.3 Å². The van der Waals surface area contributed by atoms with Crippen LogP contribution < -0.4 is 14.8 Å². The molecule has 27 heavy (non-hydrogen) atoms. The number of nitrogens with zero attached hydrogens (tertiary/aromatic N) is 3. The van der Waals surface area contributed by atoms with E-state index in [0.717, 1.165) is 25.8 Å². The lowest BCUT2D eigenvalue weighted by Crippen LogP contribution is -2.47. The maximum absolute atomic E-state index is 12.7. The number of aromatic nitrogens is 2. The van der Waals surface area contributed by atoms with E-state index in [-0.39, 0.29) is 30.1 Å². The first-order chi connectivity index (χ1) is 13.3. The van der Waals surface area contributed by atoms with Crippen LogP contribution in [0.25, 0.3) is 10.9 Å². The number of benzene rings is 1. The van der Waals surface area contributed by atoms with E-state index in [1.54, 1.807) is 4.90 Å². The molecule has 8 heteroatoms. The summed E-state index contributed by atoms with van der Waals surface area (Å²) in [7, 11) is 0. The lowest BCUT2D eigenvalue weighted by atomic mass is 10.2. The molecule has 4 heterocycles. The second-order valence-corrected chi connectivity index (χ2v) is 7.27. The first-order valence-electron chi connectivity index (χ1n) is 9.49. The molecule has 1 amide bonds. The summed E-state index contributed by atoms with van der Waals surface area (Å²) in [4.78, 5) is 23.4. The van der Waals surface area contributed by atoms with Gasteiger partial charge in [0.15, 0.2) is 0 Å². The van der Waals surface area contributed by atoms with Crippen molar-refractivity contribution in [2.45, 2.75) is 37.5 Å². The van der Waals surface area contributed by atoms with E-state index in [0.29, 0.717) is 36.7 Å². The fourth-order valence-corrected chi connectivity index (χ4v) is 4.03. The van der Waals surface area contributed by atoms with Crippen LogP contribution in [0.3, 0.4) is 0 Å². The molecule has 2 bridgehead atoms. The second-order valence-electron chi connectivity index (χ2n) is 7.27. The number of amides is 1. The molecule has 142 valence electrons. The zero-order chi connectivity index (χ0) is 18.2. The fourth-order valence-electron chi connectivity index (χ4n) is 4.03. The van der Waals surface area contributed by atoms with Crippen LogP contribution in [0.2, 0.25) is 0 Å². The van der Waals surface area contributed by atoms with E-state index in [4.69, 9.17) is 14.2 Å². The highest BCUT2D eigenvalue weighted by Crippen LogP contribution is 2.29. The fraction of sp³-hybridized carbons (Fsp3) is 0.526. The third kappa shape index (κ3) is 3.30. The van der Waals surface area contributed by atoms with Gasteiger partial charge in [0.25, 0.3) is 0 Å². The lowest BCUT2D eigenvalue weighted by Gasteiger charge is -2.26. The minimum atomic E-state index is -0.357. The van der Waals surface area contributed by atoms with Crippen LogP contribution >= 0.6 is 0 Å². The number of hydrogen-bond acceptors (Lipinski definition) is 7. The van der Waals surface area contributed by atoms with Gasteiger partial charge in [-0.1, -0.05) is 12.1 Å². The Morgan fingerprint density at radius 1 is 1.22 bits per heavy atom. The first-order valence-corrected chi connectivity index (χ1v) is 9.49. The number of piperazine rings is 1. The SMILES string of the molecule is O=C(Oc1nc(OC2CCOCC2)nc2ccccc12)N1CC2CC1CN2. The summed E-state index contributed by atoms with van der Waals surface area (Å²) in [5.41, 5.74) is 0.696. The minimum Gasteiger partial charge on any atom is -0.460 e. The maximum Gasteiger partial charge on any atom is 0.416 e. The van der Waals surface area contributed by atoms with E-state index >= 15 is 0 Å². The van der Waals surface area contributed by atoms with Gasteiger partial charge in [0.05, 0.1) is 24.1 Å². The molecule has 3 fully saturated rings. The Balaban J connectivity index is 1.40. The smallest absolute Gasteiger partial charge is 0.416 e. The average molecular weight is 370 g/mol. The predicted octanol–water partition coefficient (Wildman–Crippen LogP) is 1.73. The molecule has 0 saturated carbocycles. The minimum absolute atomic E-state index is 0.0175. The molecule has 3 aliphatic heterocycles. The van der Waals surface area contributed by atoms with Gasteiger partial charge in [-0.25, -0.2) is 4.79 Å². The lowest BCUT2D eigenvalue weighted by molar-refractivity contribution is 0.0216. The van der Waals surface area contributed by atoms with Gasteiger partial charge in [0.2, 0.25) is 5.88 Å². The monoisotopic (exact) mass is 370 g/mol. The van der Waals surface area contributed by atoms with E-state index in [1.165, 1.54) is 0 Å². The third-order valence-electron chi connectivity index (χ3n) is 5.46. The number of hydrogen-bond donors (Lipinski definition) is 1. The molecule has 0 aliphatic carbocycles. The average Bonchev–Trinajstić information content (AvgIpc) is 3.32. The summed E-state index contributed by atoms with van der Waals surface area (Å²) in [6.07, 6.45) is 2.25. The summed E-state index contributed by atoms with van der Waals surface area (Å²) in [5, 5.41) is 4.09. The van der Waals surface area contributed by atoms with Crippen LogP contribution in [-0.2, 0) is 4.74 Å². The highest BCUT2D eigenvalue weighted by atomic mass is 16.6. The zero-order valence-electron chi connectivity index (χ0n) is 15.0. The molecule has 3 aliphatic rings. The van der Waals surface area contributed by atoms with Gasteiger partial charge in [0.1, 0.15) is 6.10 Å². The maximum atomic E-state index is 12.7. The number of rotatable bonds is 3. The molecular formula is C19H22N4O4. The standard InChI is InChI=1S/C19H22N4O4/c24-19(23-11-12-9-13(23)10-20-12)27-17-15-3-1-2-4-16(15)21-18(22-17)26-14-5-7-25-8-6-14/h1-4,12-14,20H,5-11H2. The van der Waals surface area contributed by atoms with Gasteiger partial charge in [-0.3, -0.25) is 0 Å². The number of likely N-dealkylation sites (tertiary alicyclic amines) is 1. The highest BCUT2D eigenvalue weighted by molar-refractivity contribution is 5.86. The van der Waals surface area contributed by atoms with E-state index in [1.807, 2.05) is 24.3 Å². The summed E-state index contributed by atoms with van der Waals surface area (Å²) in [6.45, 7) is 2.84. The molecule has 0 spiro atoms. The normalized spacial score (nSPS) is 25.1. The van der Waals surface area contributed by atoms with Crippen molar-refractivity contribution in [3.05, 3.63) is 24.3 Å². The largest absolute Gasteiger partial charge is 0.460 e. The van der Waals surface area contributed by atoms with Crippen LogP contribution in [-0.4, -0.2) is 65.5 Å². The molecule has 3 saturated heterocycles. The van der Waals surface area contributed by atoms with Gasteiger partial charge in [-0.2, -0.15) is 9.97 Å². The molecular weight excluding hydrogens is 348 g/mol. The van der Waals surface area contributed by atoms with Crippen LogP contribution in [0.1, 0.15) is 19.3 Å². The van der Waals surface area contributed by atoms with Gasteiger partial charge in [-0.15, -0.1) is 0 Å². The summed E-state index contributed by atoms with van der Waals surface area (Å²) in [6, 6.07) is 8.31. The zero-order valence-corrected chi connectivity index (χ0v) is 15.0. The van der Waals surface area contributed by atoms with Gasteiger partial charge in [-0.05, 0) is 18.6 Å². The van der Waals surface area contributed by atoms with Crippen molar-refractivity contribution in [3.8, 4) is 11.9 Å². The summed E-state index contributed by atoms with van der Waals surface area (Å²) in [5.74, 6) is 0.253. The molecule has 2 atom stereocenters. The molecule has 1 aromatic heterocycles. The number of nitrogens with one attached hydrogen (secondary N) is 1. The van der Waals surface area contributed by atoms with Crippen molar-refractivity contribution in [3.63, 3.8) is 0 Å². The molecule has 8 nitrogen and oxygen atoms in total. The topological polar surface area (TPSA) is 85.8 Å². The Bertz CT molecular complexity index is 855. The van der Waals surface area contributed by atoms with Gasteiger partial charge < -0.3 is 24.4 Å². The number of carbonyl (C=O) groups excluding carboxylic acids is 1. The Labute approximate surface area is 156 Å². The number of fused-ring (bicyclic) bond motifs is 3. The van der Waals surface area contributed by atoms with Crippen molar-refractivity contribution >= 4 is 17.0 Å². The van der Waals surface area contributed by atoms with Crippen molar-refractivity contribution in [2.24, 2.45) is 0 Å². The van der Waals surface area contributed by atoms with Gasteiger partial charge >= 0.3 is 12.1 Å². The predicted molar refractivity (Wildman–Crippen MR) is 96.9 cm³/mol. The van der Waals surface area contributed by atoms with Crippen LogP contribution in [0.4, 0.5) is 4.79 Å². The number of ether oxygens (including phenoxy) is 3. The third-order valence-corrected chi connectivity index (χ3v) is 5.46. The summed E-state index contributed by atoms with van der Waals surface area (Å²) >= 11 is 0. The van der Waals surface area contributed by atoms with Crippen molar-refractivity contribution in [1.29, 1.82) is 0 Å². The quantitative estimate of drug-likeness (QED) is 0.881. The van der Waals surface area contributed by atoms with E-state index in [9.17, 15) is 4.79 Å². The van der Waals surface area contributed by atoms with E-state index < -0.39 is 0 Å². The molecule has 5 rings (SSSR count). The number of carbonyl (C=O) groups is 1. The Hall–Kier alpha value is -2.45. The Morgan fingerprint density at radius 3 is 2.85 bits per heavy atom. The van der Waals surface area contributed by atoms with Crippen molar-refractivity contribution in [1.82, 2.24) is 20.2 Å². The van der Waals surface area contributed by atoms with E-state index in [2.05, 4.69) is 15.3 Å². The van der Waals surface area contributed by atoms with Crippen molar-refractivity contribution in [2.75, 3.05) is 26.3 Å². The molecule has 1 aromatic carbocycles. The molecule has 1 N–H and O–H groups in total. The van der Waals surface area contributed by atoms with Gasteiger partial charge in [0, 0.05) is 38.0 Å². The first kappa shape index (κ1) is 16.7.